The van der Waals surface area contributed by atoms with Gasteiger partial charge in [-0.15, -0.1) is 19.6 Å². The van der Waals surface area contributed by atoms with Crippen molar-refractivity contribution in [1.29, 1.82) is 0 Å². The summed E-state index contributed by atoms with van der Waals surface area (Å²) in [6.07, 6.45) is 0.409. The number of terminal acetylenes is 1. The lowest BCUT2D eigenvalue weighted by molar-refractivity contribution is -0.275. The second-order valence-electron chi connectivity index (χ2n) is 8.26. The van der Waals surface area contributed by atoms with Crippen LogP contribution in [0.2, 0.25) is 0 Å². The predicted molar refractivity (Wildman–Crippen MR) is 128 cm³/mol. The zero-order chi connectivity index (χ0) is 27.9. The van der Waals surface area contributed by atoms with Gasteiger partial charge in [-0.3, -0.25) is 14.5 Å². The predicted octanol–water partition coefficient (Wildman–Crippen LogP) is 3.90. The molecule has 1 N–H and O–H groups in total. The number of methoxy groups -OCH3 is 2. The first-order chi connectivity index (χ1) is 18.1. The Bertz CT molecular complexity index is 1210. The fraction of sp³-hybridized carbons (Fsp3) is 0.385. The summed E-state index contributed by atoms with van der Waals surface area (Å²) in [5, 5.41) is 2.80. The molecule has 1 aliphatic heterocycles. The van der Waals surface area contributed by atoms with Crippen LogP contribution in [0.3, 0.4) is 0 Å². The summed E-state index contributed by atoms with van der Waals surface area (Å²) in [6.45, 7) is -1.12. The van der Waals surface area contributed by atoms with Crippen LogP contribution in [0.15, 0.2) is 36.4 Å². The van der Waals surface area contributed by atoms with Crippen molar-refractivity contribution in [2.24, 2.45) is 0 Å². The summed E-state index contributed by atoms with van der Waals surface area (Å²) in [7, 11) is 2.96. The molecule has 0 saturated carbocycles. The number of hydrogen-bond acceptors (Lipinski definition) is 6. The van der Waals surface area contributed by atoms with Crippen molar-refractivity contribution in [1.82, 2.24) is 5.32 Å². The minimum Gasteiger partial charge on any atom is -0.497 e. The van der Waals surface area contributed by atoms with Crippen LogP contribution in [0, 0.1) is 12.3 Å². The smallest absolute Gasteiger partial charge is 0.497 e. The molecule has 3 rings (SSSR count). The standard InChI is InChI=1S/C26H26F4N2O6/c1-4-23(33)32(19-6-8-21(18(13-19)15-27)38-26(28,29)30)25(9-11-37-12-10-25)24(34)31-16-17-5-7-20(35-2)14-22(17)36-3/h1,5-8,13-14H,9-12,15-16H2,2-3H3,(H,31,34). The van der Waals surface area contributed by atoms with E-state index in [2.05, 4.69) is 10.1 Å². The molecular formula is C26H26F4N2O6. The Morgan fingerprint density at radius 3 is 2.37 bits per heavy atom. The van der Waals surface area contributed by atoms with Crippen molar-refractivity contribution in [2.75, 3.05) is 32.3 Å². The molecule has 1 heterocycles. The maximum Gasteiger partial charge on any atom is 0.573 e. The Hall–Kier alpha value is -3.98. The molecule has 0 aliphatic carbocycles. The zero-order valence-corrected chi connectivity index (χ0v) is 20.7. The van der Waals surface area contributed by atoms with Gasteiger partial charge in [0, 0.05) is 55.5 Å². The van der Waals surface area contributed by atoms with Crippen LogP contribution >= 0.6 is 0 Å². The molecule has 8 nitrogen and oxygen atoms in total. The lowest BCUT2D eigenvalue weighted by Gasteiger charge is -2.44. The van der Waals surface area contributed by atoms with Gasteiger partial charge in [0.15, 0.2) is 0 Å². The first-order valence-electron chi connectivity index (χ1n) is 11.4. The van der Waals surface area contributed by atoms with Gasteiger partial charge < -0.3 is 24.3 Å². The van der Waals surface area contributed by atoms with Gasteiger partial charge in [-0.25, -0.2) is 4.39 Å². The van der Waals surface area contributed by atoms with Gasteiger partial charge in [-0.05, 0) is 36.3 Å². The molecule has 2 amide bonds. The quantitative estimate of drug-likeness (QED) is 0.385. The van der Waals surface area contributed by atoms with E-state index in [-0.39, 0.29) is 38.3 Å². The van der Waals surface area contributed by atoms with Crippen molar-refractivity contribution < 1.29 is 46.1 Å². The molecule has 0 aromatic heterocycles. The van der Waals surface area contributed by atoms with Crippen molar-refractivity contribution in [3.05, 3.63) is 47.5 Å². The second-order valence-corrected chi connectivity index (χ2v) is 8.26. The van der Waals surface area contributed by atoms with E-state index in [1.165, 1.54) is 14.2 Å². The van der Waals surface area contributed by atoms with Crippen molar-refractivity contribution in [2.45, 2.75) is 38.0 Å². The molecule has 0 spiro atoms. The third-order valence-electron chi connectivity index (χ3n) is 6.10. The second kappa shape index (κ2) is 12.0. The van der Waals surface area contributed by atoms with E-state index in [9.17, 15) is 27.2 Å². The van der Waals surface area contributed by atoms with E-state index in [4.69, 9.17) is 20.6 Å². The third kappa shape index (κ3) is 6.28. The third-order valence-corrected chi connectivity index (χ3v) is 6.10. The number of amides is 2. The minimum absolute atomic E-state index is 0.0147. The number of nitrogens with one attached hydrogen (secondary N) is 1. The topological polar surface area (TPSA) is 86.3 Å². The van der Waals surface area contributed by atoms with Crippen LogP contribution in [-0.4, -0.2) is 51.1 Å². The fourth-order valence-corrected chi connectivity index (χ4v) is 4.26. The average molecular weight is 538 g/mol. The molecule has 0 atom stereocenters. The van der Waals surface area contributed by atoms with Gasteiger partial charge in [0.05, 0.1) is 14.2 Å². The van der Waals surface area contributed by atoms with E-state index in [1.54, 1.807) is 18.2 Å². The number of alkyl halides is 4. The number of carbonyl (C=O) groups excluding carboxylic acids is 2. The van der Waals surface area contributed by atoms with Crippen LogP contribution in [0.1, 0.15) is 24.0 Å². The maximum atomic E-state index is 13.7. The summed E-state index contributed by atoms with van der Waals surface area (Å²) in [4.78, 5) is 27.7. The lowest BCUT2D eigenvalue weighted by atomic mass is 9.85. The highest BCUT2D eigenvalue weighted by Crippen LogP contribution is 2.37. The number of benzene rings is 2. The normalized spacial score (nSPS) is 14.7. The molecule has 0 radical (unpaired) electrons. The zero-order valence-electron chi connectivity index (χ0n) is 20.7. The Balaban J connectivity index is 2.00. The van der Waals surface area contributed by atoms with Crippen LogP contribution < -0.4 is 24.4 Å². The number of nitrogens with zero attached hydrogens (tertiary/aromatic N) is 1. The number of halogens is 4. The molecule has 1 fully saturated rings. The van der Waals surface area contributed by atoms with E-state index >= 15 is 0 Å². The average Bonchev–Trinajstić information content (AvgIpc) is 2.91. The molecule has 12 heteroatoms. The van der Waals surface area contributed by atoms with E-state index in [0.717, 1.165) is 23.1 Å². The van der Waals surface area contributed by atoms with Crippen molar-refractivity contribution in [3.8, 4) is 29.6 Å². The van der Waals surface area contributed by atoms with Crippen molar-refractivity contribution in [3.63, 3.8) is 0 Å². The van der Waals surface area contributed by atoms with Crippen LogP contribution in [0.4, 0.5) is 23.2 Å². The molecule has 0 unspecified atom stereocenters. The number of hydrogen-bond donors (Lipinski definition) is 1. The summed E-state index contributed by atoms with van der Waals surface area (Å²) < 4.78 is 71.8. The van der Waals surface area contributed by atoms with Gasteiger partial charge in [0.1, 0.15) is 29.5 Å². The summed E-state index contributed by atoms with van der Waals surface area (Å²) in [5.74, 6) is 0.678. The molecule has 0 bridgehead atoms. The van der Waals surface area contributed by atoms with Gasteiger partial charge in [-0.1, -0.05) is 0 Å². The van der Waals surface area contributed by atoms with E-state index < -0.39 is 41.7 Å². The highest BCUT2D eigenvalue weighted by molar-refractivity contribution is 6.11. The first kappa shape index (κ1) is 28.6. The first-order valence-corrected chi connectivity index (χ1v) is 11.4. The molecule has 1 aliphatic rings. The molecule has 2 aromatic carbocycles. The summed E-state index contributed by atoms with van der Waals surface area (Å²) in [5.41, 5.74) is -1.48. The van der Waals surface area contributed by atoms with Crippen LogP contribution in [0.5, 0.6) is 17.2 Å². The lowest BCUT2D eigenvalue weighted by Crippen LogP contribution is -2.63. The Kier molecular flexibility index (Phi) is 9.06. The summed E-state index contributed by atoms with van der Waals surface area (Å²) >= 11 is 0. The van der Waals surface area contributed by atoms with Gasteiger partial charge >= 0.3 is 12.3 Å². The number of anilines is 1. The maximum absolute atomic E-state index is 13.7. The monoisotopic (exact) mass is 538 g/mol. The Labute approximate surface area is 216 Å². The highest BCUT2D eigenvalue weighted by Gasteiger charge is 2.48. The number of rotatable bonds is 9. The Morgan fingerprint density at radius 2 is 1.79 bits per heavy atom. The van der Waals surface area contributed by atoms with Crippen molar-refractivity contribution >= 4 is 17.5 Å². The van der Waals surface area contributed by atoms with Gasteiger partial charge in [-0.2, -0.15) is 0 Å². The largest absolute Gasteiger partial charge is 0.573 e. The fourth-order valence-electron chi connectivity index (χ4n) is 4.26. The SMILES string of the molecule is C#CC(=O)N(c1ccc(OC(F)(F)F)c(CF)c1)C1(C(=O)NCc2ccc(OC)cc2OC)CCOCC1. The van der Waals surface area contributed by atoms with Gasteiger partial charge in [0.25, 0.3) is 0 Å². The van der Waals surface area contributed by atoms with Crippen LogP contribution in [-0.2, 0) is 27.5 Å². The number of ether oxygens (including phenoxy) is 4. The highest BCUT2D eigenvalue weighted by atomic mass is 19.4. The molecule has 204 valence electrons. The van der Waals surface area contributed by atoms with Crippen LogP contribution in [0.25, 0.3) is 0 Å². The van der Waals surface area contributed by atoms with E-state index in [1.807, 2.05) is 5.92 Å². The molecule has 38 heavy (non-hydrogen) atoms. The number of carbonyl (C=O) groups is 2. The minimum atomic E-state index is -5.05. The molecule has 2 aromatic rings. The summed E-state index contributed by atoms with van der Waals surface area (Å²) in [6, 6.07) is 8.03. The van der Waals surface area contributed by atoms with Gasteiger partial charge in [0.2, 0.25) is 5.91 Å². The van der Waals surface area contributed by atoms with E-state index in [0.29, 0.717) is 17.1 Å². The molecule has 1 saturated heterocycles. The molecular weight excluding hydrogens is 512 g/mol. The Morgan fingerprint density at radius 1 is 1.08 bits per heavy atom.